The summed E-state index contributed by atoms with van der Waals surface area (Å²) in [6, 6.07) is 9.86. The van der Waals surface area contributed by atoms with E-state index in [0.29, 0.717) is 6.61 Å². The molecule has 0 aliphatic heterocycles. The molecule has 4 nitrogen and oxygen atoms in total. The van der Waals surface area contributed by atoms with Gasteiger partial charge in [0.2, 0.25) is 0 Å². The van der Waals surface area contributed by atoms with Gasteiger partial charge in [0.1, 0.15) is 11.4 Å². The zero-order valence-corrected chi connectivity index (χ0v) is 13.2. The zero-order valence-electron chi connectivity index (χ0n) is 13.2. The second kappa shape index (κ2) is 9.75. The molecule has 0 spiro atoms. The average molecular weight is 284 g/mol. The first-order valence-electron chi connectivity index (χ1n) is 6.89. The Bertz CT molecular complexity index is 330. The van der Waals surface area contributed by atoms with Gasteiger partial charge in [-0.05, 0) is 46.8 Å². The van der Waals surface area contributed by atoms with E-state index < -0.39 is 6.10 Å². The van der Waals surface area contributed by atoms with E-state index in [1.807, 2.05) is 51.1 Å². The summed E-state index contributed by atoms with van der Waals surface area (Å²) < 4.78 is 10.6. The second-order valence-corrected chi connectivity index (χ2v) is 5.70. The van der Waals surface area contributed by atoms with Crippen molar-refractivity contribution in [2.45, 2.75) is 52.4 Å². The Morgan fingerprint density at radius 3 is 2.05 bits per heavy atom. The minimum absolute atomic E-state index is 0.00667. The predicted molar refractivity (Wildman–Crippen MR) is 81.0 cm³/mol. The Balaban J connectivity index is 0.000000370. The largest absolute Gasteiger partial charge is 0.488 e. The molecule has 1 rings (SSSR count). The summed E-state index contributed by atoms with van der Waals surface area (Å²) in [5.74, 6) is 0.931. The lowest BCUT2D eigenvalue weighted by Gasteiger charge is -2.20. The molecule has 0 bridgehead atoms. The Labute approximate surface area is 122 Å². The maximum atomic E-state index is 8.69. The molecule has 116 valence electrons. The number of aliphatic hydroxyl groups is 2. The maximum Gasteiger partial charge on any atom is 0.120 e. The number of rotatable bonds is 5. The van der Waals surface area contributed by atoms with E-state index >= 15 is 0 Å². The molecule has 0 aliphatic carbocycles. The minimum atomic E-state index is -0.445. The topological polar surface area (TPSA) is 58.9 Å². The van der Waals surface area contributed by atoms with Crippen molar-refractivity contribution in [2.75, 3.05) is 13.2 Å². The fourth-order valence-corrected chi connectivity index (χ4v) is 1.20. The van der Waals surface area contributed by atoms with Crippen molar-refractivity contribution in [3.8, 4) is 5.75 Å². The van der Waals surface area contributed by atoms with Crippen LogP contribution >= 0.6 is 0 Å². The third-order valence-electron chi connectivity index (χ3n) is 2.05. The van der Waals surface area contributed by atoms with E-state index in [1.54, 1.807) is 13.8 Å². The minimum Gasteiger partial charge on any atom is -0.488 e. The van der Waals surface area contributed by atoms with Crippen molar-refractivity contribution in [3.63, 3.8) is 0 Å². The monoisotopic (exact) mass is 284 g/mol. The van der Waals surface area contributed by atoms with Crippen LogP contribution in [-0.2, 0) is 4.74 Å². The predicted octanol–water partition coefficient (Wildman–Crippen LogP) is 2.63. The molecule has 2 atom stereocenters. The Hall–Kier alpha value is -1.10. The van der Waals surface area contributed by atoms with E-state index in [-0.39, 0.29) is 18.3 Å². The molecular formula is C16H28O4. The molecular weight excluding hydrogens is 256 g/mol. The van der Waals surface area contributed by atoms with Crippen molar-refractivity contribution in [2.24, 2.45) is 0 Å². The van der Waals surface area contributed by atoms with Gasteiger partial charge >= 0.3 is 0 Å². The molecule has 1 aromatic rings. The fourth-order valence-electron chi connectivity index (χ4n) is 1.20. The molecule has 2 N–H and O–H groups in total. The molecule has 4 heteroatoms. The third kappa shape index (κ3) is 12.0. The van der Waals surface area contributed by atoms with Crippen molar-refractivity contribution < 1.29 is 19.7 Å². The van der Waals surface area contributed by atoms with Gasteiger partial charge in [0, 0.05) is 0 Å². The molecule has 20 heavy (non-hydrogen) atoms. The van der Waals surface area contributed by atoms with Crippen molar-refractivity contribution in [1.29, 1.82) is 0 Å². The molecule has 0 radical (unpaired) electrons. The molecule has 0 fully saturated rings. The summed E-state index contributed by atoms with van der Waals surface area (Å²) in [4.78, 5) is 0. The van der Waals surface area contributed by atoms with Gasteiger partial charge < -0.3 is 19.7 Å². The Morgan fingerprint density at radius 2 is 1.65 bits per heavy atom. The van der Waals surface area contributed by atoms with Gasteiger partial charge in [-0.2, -0.15) is 0 Å². The SMILES string of the molecule is CC(C)(C)Oc1ccccc1.CC(O)COC(C)CO. The lowest BCUT2D eigenvalue weighted by Crippen LogP contribution is -2.22. The highest BCUT2D eigenvalue weighted by molar-refractivity contribution is 5.21. The van der Waals surface area contributed by atoms with Crippen LogP contribution in [0.5, 0.6) is 5.75 Å². The van der Waals surface area contributed by atoms with Crippen molar-refractivity contribution in [1.82, 2.24) is 0 Å². The van der Waals surface area contributed by atoms with Crippen LogP contribution in [0.15, 0.2) is 30.3 Å². The standard InChI is InChI=1S/C10H14O.C6H14O3/c1-10(2,3)11-9-7-5-4-6-8-9;1-5(8)4-9-6(2)3-7/h4-8H,1-3H3;5-8H,3-4H2,1-2H3. The number of aliphatic hydroxyl groups excluding tert-OH is 2. The van der Waals surface area contributed by atoms with Gasteiger partial charge in [0.05, 0.1) is 25.4 Å². The van der Waals surface area contributed by atoms with Crippen LogP contribution < -0.4 is 4.74 Å². The average Bonchev–Trinajstić information content (AvgIpc) is 2.36. The zero-order chi connectivity index (χ0) is 15.6. The summed E-state index contributed by atoms with van der Waals surface area (Å²) >= 11 is 0. The number of hydrogen-bond donors (Lipinski definition) is 2. The van der Waals surface area contributed by atoms with Gasteiger partial charge in [-0.25, -0.2) is 0 Å². The van der Waals surface area contributed by atoms with Gasteiger partial charge in [0.25, 0.3) is 0 Å². The van der Waals surface area contributed by atoms with Crippen molar-refractivity contribution in [3.05, 3.63) is 30.3 Å². The Kier molecular flexibility index (Phi) is 9.21. The van der Waals surface area contributed by atoms with E-state index in [1.165, 1.54) is 0 Å². The Morgan fingerprint density at radius 1 is 1.10 bits per heavy atom. The van der Waals surface area contributed by atoms with Crippen LogP contribution in [0.2, 0.25) is 0 Å². The number of ether oxygens (including phenoxy) is 2. The van der Waals surface area contributed by atoms with Crippen LogP contribution in [0, 0.1) is 0 Å². The van der Waals surface area contributed by atoms with Gasteiger partial charge in [-0.1, -0.05) is 18.2 Å². The first kappa shape index (κ1) is 18.9. The summed E-state index contributed by atoms with van der Waals surface area (Å²) in [5, 5.41) is 17.1. The highest BCUT2D eigenvalue weighted by atomic mass is 16.5. The highest BCUT2D eigenvalue weighted by Crippen LogP contribution is 2.16. The van der Waals surface area contributed by atoms with E-state index in [4.69, 9.17) is 19.7 Å². The molecule has 0 saturated heterocycles. The molecule has 0 aliphatic rings. The van der Waals surface area contributed by atoms with Gasteiger partial charge in [0.15, 0.2) is 0 Å². The molecule has 2 unspecified atom stereocenters. The second-order valence-electron chi connectivity index (χ2n) is 5.70. The van der Waals surface area contributed by atoms with E-state index in [2.05, 4.69) is 0 Å². The summed E-state index contributed by atoms with van der Waals surface area (Å²) in [6.07, 6.45) is -0.612. The van der Waals surface area contributed by atoms with Crippen LogP contribution in [0.3, 0.4) is 0 Å². The lowest BCUT2D eigenvalue weighted by atomic mass is 10.2. The van der Waals surface area contributed by atoms with Crippen molar-refractivity contribution >= 4 is 0 Å². The molecule has 1 aromatic carbocycles. The number of benzene rings is 1. The summed E-state index contributed by atoms with van der Waals surface area (Å²) in [6.45, 7) is 9.82. The summed E-state index contributed by atoms with van der Waals surface area (Å²) in [7, 11) is 0. The van der Waals surface area contributed by atoms with Crippen LogP contribution in [0.4, 0.5) is 0 Å². The quantitative estimate of drug-likeness (QED) is 0.872. The first-order chi connectivity index (χ1) is 9.24. The van der Waals surface area contributed by atoms with E-state index in [0.717, 1.165) is 5.75 Å². The maximum absolute atomic E-state index is 8.69. The van der Waals surface area contributed by atoms with Crippen LogP contribution in [0.1, 0.15) is 34.6 Å². The lowest BCUT2D eigenvalue weighted by molar-refractivity contribution is -0.0177. The van der Waals surface area contributed by atoms with Gasteiger partial charge in [-0.3, -0.25) is 0 Å². The number of hydrogen-bond acceptors (Lipinski definition) is 4. The van der Waals surface area contributed by atoms with Crippen LogP contribution in [-0.4, -0.2) is 41.2 Å². The molecule has 0 aromatic heterocycles. The van der Waals surface area contributed by atoms with E-state index in [9.17, 15) is 0 Å². The molecule has 0 amide bonds. The smallest absolute Gasteiger partial charge is 0.120 e. The highest BCUT2D eigenvalue weighted by Gasteiger charge is 2.10. The normalized spacial score (nSPS) is 13.9. The summed E-state index contributed by atoms with van der Waals surface area (Å²) in [5.41, 5.74) is -0.0959. The fraction of sp³-hybridized carbons (Fsp3) is 0.625. The third-order valence-corrected chi connectivity index (χ3v) is 2.05. The van der Waals surface area contributed by atoms with Crippen LogP contribution in [0.25, 0.3) is 0 Å². The first-order valence-corrected chi connectivity index (χ1v) is 6.89. The number of para-hydroxylation sites is 1. The molecule has 0 heterocycles. The molecule has 0 saturated carbocycles. The van der Waals surface area contributed by atoms with Gasteiger partial charge in [-0.15, -0.1) is 0 Å².